The van der Waals surface area contributed by atoms with Crippen LogP contribution >= 0.6 is 24.0 Å². The number of ether oxygens (including phenoxy) is 1. The average Bonchev–Trinajstić information content (AvgIpc) is 2.52. The number of benzene rings is 1. The Kier molecular flexibility index (Phi) is 8.23. The van der Waals surface area contributed by atoms with Gasteiger partial charge < -0.3 is 15.8 Å². The van der Waals surface area contributed by atoms with Gasteiger partial charge in [0, 0.05) is 17.4 Å². The number of nitrogens with one attached hydrogen (secondary N) is 1. The maximum absolute atomic E-state index is 12.2. The first-order valence-electron chi connectivity index (χ1n) is 6.62. The SMILES string of the molecule is I.NC(=NCc1cccnc1OCC(F)F)Nc1ccccc1. The fourth-order valence-corrected chi connectivity index (χ4v) is 1.70. The molecule has 0 aliphatic carbocycles. The van der Waals surface area contributed by atoms with Gasteiger partial charge in [-0.15, -0.1) is 24.0 Å². The minimum atomic E-state index is -2.55. The number of rotatable bonds is 6. The Hall–Kier alpha value is -1.97. The number of nitrogens with two attached hydrogens (primary N) is 1. The van der Waals surface area contributed by atoms with Crippen LogP contribution in [-0.4, -0.2) is 24.0 Å². The summed E-state index contributed by atoms with van der Waals surface area (Å²) in [5.74, 6) is 0.355. The molecular weight excluding hydrogens is 417 g/mol. The quantitative estimate of drug-likeness (QED) is 0.416. The van der Waals surface area contributed by atoms with E-state index in [-0.39, 0.29) is 42.4 Å². The number of alkyl halides is 2. The summed E-state index contributed by atoms with van der Waals surface area (Å²) in [5.41, 5.74) is 7.18. The number of pyridine rings is 1. The average molecular weight is 434 g/mol. The third-order valence-corrected chi connectivity index (χ3v) is 2.66. The lowest BCUT2D eigenvalue weighted by Gasteiger charge is -2.09. The molecule has 5 nitrogen and oxygen atoms in total. The standard InChI is InChI=1S/C15H16F2N4O.HI/c16-13(17)10-22-14-11(5-4-8-19-14)9-20-15(18)21-12-6-2-1-3-7-12;/h1-8,13H,9-10H2,(H3,18,20,21);1H. The molecule has 8 heteroatoms. The Morgan fingerprint density at radius 2 is 1.96 bits per heavy atom. The summed E-state index contributed by atoms with van der Waals surface area (Å²) in [6.45, 7) is -0.524. The second kappa shape index (κ2) is 9.93. The largest absolute Gasteiger partial charge is 0.471 e. The van der Waals surface area contributed by atoms with Crippen molar-refractivity contribution in [2.24, 2.45) is 10.7 Å². The van der Waals surface area contributed by atoms with Crippen molar-refractivity contribution in [1.82, 2.24) is 4.98 Å². The van der Waals surface area contributed by atoms with Gasteiger partial charge in [0.1, 0.15) is 0 Å². The molecule has 0 saturated carbocycles. The van der Waals surface area contributed by atoms with Gasteiger partial charge in [0.15, 0.2) is 12.6 Å². The van der Waals surface area contributed by atoms with Gasteiger partial charge in [0.2, 0.25) is 5.88 Å². The summed E-state index contributed by atoms with van der Waals surface area (Å²) in [7, 11) is 0. The number of aliphatic imine (C=N–C) groups is 1. The maximum atomic E-state index is 12.2. The van der Waals surface area contributed by atoms with Crippen molar-refractivity contribution in [2.75, 3.05) is 11.9 Å². The van der Waals surface area contributed by atoms with Crippen LogP contribution in [0.2, 0.25) is 0 Å². The zero-order valence-corrected chi connectivity index (χ0v) is 14.5. The molecule has 0 radical (unpaired) electrons. The van der Waals surface area contributed by atoms with Gasteiger partial charge in [0.05, 0.1) is 6.54 Å². The molecule has 0 aliphatic rings. The molecule has 0 aliphatic heterocycles. The molecule has 1 heterocycles. The van der Waals surface area contributed by atoms with Crippen LogP contribution in [0.15, 0.2) is 53.7 Å². The minimum absolute atomic E-state index is 0. The van der Waals surface area contributed by atoms with E-state index in [4.69, 9.17) is 10.5 Å². The molecule has 1 aromatic heterocycles. The number of para-hydroxylation sites is 1. The first-order valence-corrected chi connectivity index (χ1v) is 6.62. The van der Waals surface area contributed by atoms with Crippen molar-refractivity contribution in [2.45, 2.75) is 13.0 Å². The van der Waals surface area contributed by atoms with Crippen LogP contribution in [0.3, 0.4) is 0 Å². The number of nitrogens with zero attached hydrogens (tertiary/aromatic N) is 2. The molecule has 124 valence electrons. The number of hydrogen-bond acceptors (Lipinski definition) is 3. The highest BCUT2D eigenvalue weighted by atomic mass is 127. The van der Waals surface area contributed by atoms with Gasteiger partial charge >= 0.3 is 0 Å². The van der Waals surface area contributed by atoms with Gasteiger partial charge in [-0.1, -0.05) is 24.3 Å². The van der Waals surface area contributed by atoms with Gasteiger partial charge in [-0.25, -0.2) is 18.8 Å². The highest BCUT2D eigenvalue weighted by Crippen LogP contribution is 2.16. The summed E-state index contributed by atoms with van der Waals surface area (Å²) < 4.78 is 29.4. The van der Waals surface area contributed by atoms with Crippen LogP contribution in [0.1, 0.15) is 5.56 Å². The van der Waals surface area contributed by atoms with Gasteiger partial charge in [-0.05, 0) is 18.2 Å². The summed E-state index contributed by atoms with van der Waals surface area (Å²) in [4.78, 5) is 8.08. The first-order chi connectivity index (χ1) is 10.6. The third kappa shape index (κ3) is 6.76. The van der Waals surface area contributed by atoms with Crippen LogP contribution in [0.25, 0.3) is 0 Å². The molecule has 23 heavy (non-hydrogen) atoms. The summed E-state index contributed by atoms with van der Waals surface area (Å²) in [6.07, 6.45) is -1.08. The summed E-state index contributed by atoms with van der Waals surface area (Å²) >= 11 is 0. The van der Waals surface area contributed by atoms with Crippen LogP contribution in [0, 0.1) is 0 Å². The topological polar surface area (TPSA) is 72.5 Å². The van der Waals surface area contributed by atoms with Crippen molar-refractivity contribution >= 4 is 35.6 Å². The fourth-order valence-electron chi connectivity index (χ4n) is 1.70. The second-order valence-electron chi connectivity index (χ2n) is 4.36. The molecule has 0 fully saturated rings. The second-order valence-corrected chi connectivity index (χ2v) is 4.36. The lowest BCUT2D eigenvalue weighted by molar-refractivity contribution is 0.0791. The van der Waals surface area contributed by atoms with E-state index < -0.39 is 13.0 Å². The van der Waals surface area contributed by atoms with E-state index in [0.29, 0.717) is 5.56 Å². The Balaban J connectivity index is 0.00000264. The van der Waals surface area contributed by atoms with E-state index in [2.05, 4.69) is 15.3 Å². The number of hydrogen-bond donors (Lipinski definition) is 2. The number of anilines is 1. The molecular formula is C15H17F2IN4O. The van der Waals surface area contributed by atoms with E-state index in [0.717, 1.165) is 5.69 Å². The van der Waals surface area contributed by atoms with Gasteiger partial charge in [-0.3, -0.25) is 0 Å². The normalized spacial score (nSPS) is 11.0. The number of guanidine groups is 1. The van der Waals surface area contributed by atoms with Crippen LogP contribution in [-0.2, 0) is 6.54 Å². The fraction of sp³-hybridized carbons (Fsp3) is 0.200. The highest BCUT2D eigenvalue weighted by molar-refractivity contribution is 14.0. The third-order valence-electron chi connectivity index (χ3n) is 2.66. The van der Waals surface area contributed by atoms with Crippen molar-refractivity contribution in [3.8, 4) is 5.88 Å². The first kappa shape index (κ1) is 19.1. The monoisotopic (exact) mass is 434 g/mol. The van der Waals surface area contributed by atoms with E-state index in [9.17, 15) is 8.78 Å². The van der Waals surface area contributed by atoms with Crippen LogP contribution < -0.4 is 15.8 Å². The molecule has 0 saturated heterocycles. The van der Waals surface area contributed by atoms with E-state index in [1.165, 1.54) is 6.20 Å². The Labute approximate surface area is 150 Å². The molecule has 2 aromatic rings. The maximum Gasteiger partial charge on any atom is 0.272 e. The molecule has 1 aromatic carbocycles. The molecule has 0 atom stereocenters. The molecule has 2 rings (SSSR count). The van der Waals surface area contributed by atoms with Crippen molar-refractivity contribution in [3.05, 3.63) is 54.2 Å². The molecule has 0 spiro atoms. The zero-order valence-electron chi connectivity index (χ0n) is 12.2. The lowest BCUT2D eigenvalue weighted by atomic mass is 10.3. The van der Waals surface area contributed by atoms with Gasteiger partial charge in [-0.2, -0.15) is 0 Å². The molecule has 0 unspecified atom stereocenters. The molecule has 0 bridgehead atoms. The summed E-state index contributed by atoms with van der Waals surface area (Å²) in [5, 5.41) is 2.93. The van der Waals surface area contributed by atoms with Crippen LogP contribution in [0.5, 0.6) is 5.88 Å². The Morgan fingerprint density at radius 1 is 1.22 bits per heavy atom. The van der Waals surface area contributed by atoms with Gasteiger partial charge in [0.25, 0.3) is 6.43 Å². The molecule has 3 N–H and O–H groups in total. The van der Waals surface area contributed by atoms with Crippen molar-refractivity contribution < 1.29 is 13.5 Å². The predicted octanol–water partition coefficient (Wildman–Crippen LogP) is 3.27. The van der Waals surface area contributed by atoms with Crippen molar-refractivity contribution in [3.63, 3.8) is 0 Å². The van der Waals surface area contributed by atoms with E-state index >= 15 is 0 Å². The van der Waals surface area contributed by atoms with Crippen LogP contribution in [0.4, 0.5) is 14.5 Å². The lowest BCUT2D eigenvalue weighted by Crippen LogP contribution is -2.22. The Morgan fingerprint density at radius 3 is 2.65 bits per heavy atom. The predicted molar refractivity (Wildman–Crippen MR) is 96.5 cm³/mol. The molecule has 0 amide bonds. The zero-order chi connectivity index (χ0) is 15.8. The number of aromatic nitrogens is 1. The smallest absolute Gasteiger partial charge is 0.272 e. The van der Waals surface area contributed by atoms with E-state index in [1.807, 2.05) is 30.3 Å². The van der Waals surface area contributed by atoms with Crippen molar-refractivity contribution in [1.29, 1.82) is 0 Å². The summed E-state index contributed by atoms with van der Waals surface area (Å²) in [6, 6.07) is 12.7. The number of halogens is 3. The van der Waals surface area contributed by atoms with E-state index in [1.54, 1.807) is 12.1 Å². The Bertz CT molecular complexity index is 626. The highest BCUT2D eigenvalue weighted by Gasteiger charge is 2.08. The minimum Gasteiger partial charge on any atom is -0.471 e.